The molecule has 0 aliphatic carbocycles. The predicted molar refractivity (Wildman–Crippen MR) is 130 cm³/mol. The molecule has 0 bridgehead atoms. The van der Waals surface area contributed by atoms with Crippen molar-refractivity contribution in [1.82, 2.24) is 10.3 Å². The van der Waals surface area contributed by atoms with Crippen LogP contribution in [0, 0.1) is 0 Å². The molecule has 3 N–H and O–H groups in total. The molecule has 11 heteroatoms. The Labute approximate surface area is 196 Å². The number of thiazole rings is 1. The zero-order valence-electron chi connectivity index (χ0n) is 17.4. The second-order valence-electron chi connectivity index (χ2n) is 6.74. The van der Waals surface area contributed by atoms with E-state index in [-0.39, 0.29) is 27.2 Å². The number of carbonyl (C=O) groups is 1. The highest BCUT2D eigenvalue weighted by molar-refractivity contribution is 7.93. The maximum Gasteiger partial charge on any atom is 0.263 e. The average molecular weight is 491 g/mol. The van der Waals surface area contributed by atoms with Crippen molar-refractivity contribution in [2.45, 2.75) is 31.3 Å². The summed E-state index contributed by atoms with van der Waals surface area (Å²) in [5.41, 5.74) is 0.959. The SMILES string of the molecule is CCC(C)Oc1ccc(C(=O)NC(=S)Nc2ccc(S(=O)(=O)Nc3nccs3)cc2)cc1. The van der Waals surface area contributed by atoms with Crippen LogP contribution in [0.25, 0.3) is 0 Å². The standard InChI is InChI=1S/C21H22N4O4S3/c1-3-14(2)29-17-8-4-15(5-9-17)19(26)24-20(30)23-16-6-10-18(11-7-16)32(27,28)25-21-22-12-13-31-21/h4-14H,3H2,1-2H3,(H,22,25)(H2,23,24,26,30). The van der Waals surface area contributed by atoms with Crippen LogP contribution in [0.15, 0.2) is 65.0 Å². The van der Waals surface area contributed by atoms with Crippen LogP contribution in [-0.2, 0) is 10.0 Å². The van der Waals surface area contributed by atoms with Crippen LogP contribution in [0.4, 0.5) is 10.8 Å². The molecule has 0 aliphatic rings. The number of nitrogens with zero attached hydrogens (tertiary/aromatic N) is 1. The van der Waals surface area contributed by atoms with Crippen LogP contribution in [0.2, 0.25) is 0 Å². The van der Waals surface area contributed by atoms with Crippen LogP contribution < -0.4 is 20.1 Å². The van der Waals surface area contributed by atoms with E-state index in [4.69, 9.17) is 17.0 Å². The van der Waals surface area contributed by atoms with E-state index >= 15 is 0 Å². The van der Waals surface area contributed by atoms with Crippen molar-refractivity contribution in [3.63, 3.8) is 0 Å². The van der Waals surface area contributed by atoms with E-state index in [1.165, 1.54) is 29.7 Å². The zero-order chi connectivity index (χ0) is 23.1. The summed E-state index contributed by atoms with van der Waals surface area (Å²) in [4.78, 5) is 16.4. The Morgan fingerprint density at radius 1 is 1.16 bits per heavy atom. The molecule has 32 heavy (non-hydrogen) atoms. The third-order valence-electron chi connectivity index (χ3n) is 4.33. The summed E-state index contributed by atoms with van der Waals surface area (Å²) in [6, 6.07) is 12.7. The molecule has 1 heterocycles. The van der Waals surface area contributed by atoms with Crippen LogP contribution in [0.5, 0.6) is 5.75 Å². The summed E-state index contributed by atoms with van der Waals surface area (Å²) in [5, 5.41) is 7.51. The Bertz CT molecular complexity index is 1160. The third kappa shape index (κ3) is 6.49. The van der Waals surface area contributed by atoms with E-state index in [9.17, 15) is 13.2 Å². The lowest BCUT2D eigenvalue weighted by Crippen LogP contribution is -2.34. The summed E-state index contributed by atoms with van der Waals surface area (Å²) in [7, 11) is -3.74. The molecule has 1 atom stereocenters. The molecule has 1 amide bonds. The van der Waals surface area contributed by atoms with Gasteiger partial charge < -0.3 is 10.1 Å². The minimum Gasteiger partial charge on any atom is -0.491 e. The Balaban J connectivity index is 1.56. The van der Waals surface area contributed by atoms with Gasteiger partial charge in [0, 0.05) is 22.8 Å². The predicted octanol–water partition coefficient (Wildman–Crippen LogP) is 4.25. The maximum absolute atomic E-state index is 12.4. The van der Waals surface area contributed by atoms with Crippen LogP contribution in [0.3, 0.4) is 0 Å². The van der Waals surface area contributed by atoms with Gasteiger partial charge in [-0.1, -0.05) is 6.92 Å². The summed E-state index contributed by atoms with van der Waals surface area (Å²) >= 11 is 6.37. The van der Waals surface area contributed by atoms with Crippen molar-refractivity contribution >= 4 is 55.4 Å². The molecule has 3 aromatic rings. The minimum atomic E-state index is -3.74. The van der Waals surface area contributed by atoms with Crippen LogP contribution >= 0.6 is 23.6 Å². The number of benzene rings is 2. The first-order valence-corrected chi connectivity index (χ1v) is 12.5. The monoisotopic (exact) mass is 490 g/mol. The zero-order valence-corrected chi connectivity index (χ0v) is 19.8. The molecule has 0 fully saturated rings. The van der Waals surface area contributed by atoms with Gasteiger partial charge in [0.05, 0.1) is 11.0 Å². The lowest BCUT2D eigenvalue weighted by Gasteiger charge is -2.13. The van der Waals surface area contributed by atoms with Gasteiger partial charge in [0.25, 0.3) is 15.9 Å². The number of rotatable bonds is 8. The smallest absolute Gasteiger partial charge is 0.263 e. The van der Waals surface area contributed by atoms with Crippen molar-refractivity contribution in [2.24, 2.45) is 0 Å². The maximum atomic E-state index is 12.4. The average Bonchev–Trinajstić information content (AvgIpc) is 3.26. The van der Waals surface area contributed by atoms with Gasteiger partial charge in [0.1, 0.15) is 5.75 Å². The van der Waals surface area contributed by atoms with Gasteiger partial charge in [-0.3, -0.25) is 14.8 Å². The van der Waals surface area contributed by atoms with Crippen LogP contribution in [-0.4, -0.2) is 30.5 Å². The van der Waals surface area contributed by atoms with Gasteiger partial charge in [-0.15, -0.1) is 11.3 Å². The first-order chi connectivity index (χ1) is 15.3. The van der Waals surface area contributed by atoms with E-state index in [0.29, 0.717) is 17.0 Å². The van der Waals surface area contributed by atoms with Gasteiger partial charge in [0.15, 0.2) is 10.2 Å². The quantitative estimate of drug-likeness (QED) is 0.405. The Morgan fingerprint density at radius 3 is 2.44 bits per heavy atom. The van der Waals surface area contributed by atoms with E-state index in [0.717, 1.165) is 6.42 Å². The molecule has 0 aliphatic heterocycles. The molecule has 3 rings (SSSR count). The van der Waals surface area contributed by atoms with Crippen molar-refractivity contribution in [3.8, 4) is 5.75 Å². The topological polar surface area (TPSA) is 109 Å². The second-order valence-corrected chi connectivity index (χ2v) is 9.72. The number of carbonyl (C=O) groups excluding carboxylic acids is 1. The van der Waals surface area contributed by atoms with Gasteiger partial charge in [-0.2, -0.15) is 0 Å². The van der Waals surface area contributed by atoms with E-state index in [2.05, 4.69) is 20.3 Å². The van der Waals surface area contributed by atoms with E-state index in [1.54, 1.807) is 41.8 Å². The lowest BCUT2D eigenvalue weighted by atomic mass is 10.2. The molecular formula is C21H22N4O4S3. The molecule has 8 nitrogen and oxygen atoms in total. The summed E-state index contributed by atoms with van der Waals surface area (Å²) < 4.78 is 32.9. The van der Waals surface area contributed by atoms with Gasteiger partial charge in [-0.25, -0.2) is 13.4 Å². The molecule has 0 spiro atoms. The highest BCUT2D eigenvalue weighted by Gasteiger charge is 2.15. The first kappa shape index (κ1) is 23.6. The number of hydrogen-bond acceptors (Lipinski definition) is 7. The number of aromatic nitrogens is 1. The van der Waals surface area contributed by atoms with Crippen molar-refractivity contribution in [3.05, 3.63) is 65.7 Å². The third-order valence-corrected chi connectivity index (χ3v) is 6.71. The molecule has 0 saturated carbocycles. The van der Waals surface area contributed by atoms with E-state index in [1.807, 2.05) is 13.8 Å². The van der Waals surface area contributed by atoms with Crippen molar-refractivity contribution in [2.75, 3.05) is 10.0 Å². The molecule has 1 unspecified atom stereocenters. The molecule has 1 aromatic heterocycles. The Morgan fingerprint density at radius 2 is 1.84 bits per heavy atom. The summed E-state index contributed by atoms with van der Waals surface area (Å²) in [6.45, 7) is 4.01. The van der Waals surface area contributed by atoms with Gasteiger partial charge in [-0.05, 0) is 74.1 Å². The summed E-state index contributed by atoms with van der Waals surface area (Å²) in [6.07, 6.45) is 2.49. The molecule has 0 radical (unpaired) electrons. The highest BCUT2D eigenvalue weighted by Crippen LogP contribution is 2.20. The number of hydrogen-bond donors (Lipinski definition) is 3. The largest absolute Gasteiger partial charge is 0.491 e. The first-order valence-electron chi connectivity index (χ1n) is 9.68. The normalized spacial score (nSPS) is 11.9. The number of anilines is 2. The van der Waals surface area contributed by atoms with Gasteiger partial charge in [0.2, 0.25) is 0 Å². The minimum absolute atomic E-state index is 0.0768. The Kier molecular flexibility index (Phi) is 7.78. The number of nitrogens with one attached hydrogen (secondary N) is 3. The summed E-state index contributed by atoms with van der Waals surface area (Å²) in [5.74, 6) is 0.320. The second kappa shape index (κ2) is 10.5. The fraction of sp³-hybridized carbons (Fsp3) is 0.190. The Hall–Kier alpha value is -3.02. The number of thiocarbonyl (C=S) groups is 1. The fourth-order valence-electron chi connectivity index (χ4n) is 2.50. The van der Waals surface area contributed by atoms with Crippen molar-refractivity contribution in [1.29, 1.82) is 0 Å². The number of amides is 1. The molecule has 2 aromatic carbocycles. The molecular weight excluding hydrogens is 468 g/mol. The van der Waals surface area contributed by atoms with Gasteiger partial charge >= 0.3 is 0 Å². The number of ether oxygens (including phenoxy) is 1. The highest BCUT2D eigenvalue weighted by atomic mass is 32.2. The lowest BCUT2D eigenvalue weighted by molar-refractivity contribution is 0.0977. The number of sulfonamides is 1. The van der Waals surface area contributed by atoms with Crippen molar-refractivity contribution < 1.29 is 17.9 Å². The fourth-order valence-corrected chi connectivity index (χ4v) is 4.50. The molecule has 168 valence electrons. The van der Waals surface area contributed by atoms with E-state index < -0.39 is 10.0 Å². The molecule has 0 saturated heterocycles. The van der Waals surface area contributed by atoms with Crippen LogP contribution in [0.1, 0.15) is 30.6 Å².